The van der Waals surface area contributed by atoms with Crippen molar-refractivity contribution in [1.29, 1.82) is 0 Å². The summed E-state index contributed by atoms with van der Waals surface area (Å²) >= 11 is 1.09. The van der Waals surface area contributed by atoms with E-state index in [0.717, 1.165) is 11.3 Å². The number of carbonyl (C=O) groups is 2. The molecule has 4 N–H and O–H groups in total. The third kappa shape index (κ3) is 7.86. The highest BCUT2D eigenvalue weighted by Crippen LogP contribution is 2.41. The van der Waals surface area contributed by atoms with E-state index < -0.39 is 33.7 Å². The molecule has 1 heterocycles. The van der Waals surface area contributed by atoms with E-state index in [1.54, 1.807) is 34.6 Å². The first kappa shape index (κ1) is 28.8. The van der Waals surface area contributed by atoms with Gasteiger partial charge in [-0.25, -0.2) is 27.7 Å². The summed E-state index contributed by atoms with van der Waals surface area (Å²) in [4.78, 5) is 27.1. The molecule has 3 rings (SSSR count). The largest absolute Gasteiger partial charge is 0.447 e. The highest BCUT2D eigenvalue weighted by atomic mass is 32.2. The normalized spacial score (nSPS) is 18.5. The van der Waals surface area contributed by atoms with Crippen molar-refractivity contribution in [1.82, 2.24) is 9.71 Å². The van der Waals surface area contributed by atoms with Crippen molar-refractivity contribution in [2.75, 3.05) is 5.32 Å². The molecule has 1 aliphatic carbocycles. The van der Waals surface area contributed by atoms with Gasteiger partial charge in [0.1, 0.15) is 6.10 Å². The number of rotatable bonds is 7. The fourth-order valence-corrected chi connectivity index (χ4v) is 6.96. The average Bonchev–Trinajstić information content (AvgIpc) is 3.13. The molecule has 204 valence electrons. The molecule has 1 fully saturated rings. The van der Waals surface area contributed by atoms with Crippen molar-refractivity contribution in [3.63, 3.8) is 0 Å². The number of carbonyl (C=O) groups excluding carboxylic acids is 2. The van der Waals surface area contributed by atoms with Gasteiger partial charge in [-0.1, -0.05) is 0 Å². The van der Waals surface area contributed by atoms with Crippen molar-refractivity contribution in [3.05, 3.63) is 29.2 Å². The first-order valence-corrected chi connectivity index (χ1v) is 14.2. The zero-order valence-corrected chi connectivity index (χ0v) is 23.1. The fraction of sp³-hybridized carbons (Fsp3) is 0.542. The van der Waals surface area contributed by atoms with E-state index >= 15 is 4.39 Å². The third-order valence-electron chi connectivity index (χ3n) is 5.45. The minimum Gasteiger partial charge on any atom is -0.447 e. The Kier molecular flexibility index (Phi) is 8.81. The van der Waals surface area contributed by atoms with E-state index in [1.165, 1.54) is 18.2 Å². The van der Waals surface area contributed by atoms with Gasteiger partial charge in [-0.3, -0.25) is 5.32 Å². The number of thiazole rings is 1. The fourth-order valence-electron chi connectivity index (χ4n) is 4.08. The lowest BCUT2D eigenvalue weighted by Crippen LogP contribution is -2.40. The number of hydrogen-bond acceptors (Lipinski definition) is 8. The molecule has 37 heavy (non-hydrogen) atoms. The summed E-state index contributed by atoms with van der Waals surface area (Å²) in [6, 6.07) is 4.20. The summed E-state index contributed by atoms with van der Waals surface area (Å²) in [6.45, 7) is 8.45. The van der Waals surface area contributed by atoms with Crippen LogP contribution < -0.4 is 15.8 Å². The topological polar surface area (TPSA) is 150 Å². The first-order chi connectivity index (χ1) is 17.1. The van der Waals surface area contributed by atoms with Crippen molar-refractivity contribution in [2.24, 2.45) is 5.73 Å². The molecular formula is C24H33FN4O6S2. The molecule has 10 nitrogen and oxygen atoms in total. The highest BCUT2D eigenvalue weighted by molar-refractivity contribution is 7.89. The quantitative estimate of drug-likeness (QED) is 0.429. The second-order valence-corrected chi connectivity index (χ2v) is 12.9. The van der Waals surface area contributed by atoms with Gasteiger partial charge in [0.25, 0.3) is 0 Å². The third-order valence-corrected chi connectivity index (χ3v) is 8.48. The number of benzene rings is 1. The summed E-state index contributed by atoms with van der Waals surface area (Å²) in [6.07, 6.45) is 0.200. The van der Waals surface area contributed by atoms with Crippen molar-refractivity contribution in [2.45, 2.75) is 88.9 Å². The minimum absolute atomic E-state index is 0.0551. The lowest BCUT2D eigenvalue weighted by molar-refractivity contribution is 0.0786. The molecule has 13 heteroatoms. The number of nitrogens with two attached hydrogens (primary N) is 1. The number of anilines is 1. The van der Waals surface area contributed by atoms with Crippen LogP contribution >= 0.6 is 11.3 Å². The summed E-state index contributed by atoms with van der Waals surface area (Å²) in [5.41, 5.74) is 4.60. The van der Waals surface area contributed by atoms with Crippen molar-refractivity contribution >= 4 is 39.2 Å². The standard InChI is InChI=1S/C24H33FN4O6S2/c1-13(2)34-23(31)27-15-8-11-17(18(12-15)37(32,33)29-24(3,4)5)19-20(25)28-21(36-19)14-6-9-16(10-7-14)35-22(26)30/h8,11-14,16,29H,6-7,9-10H2,1-5H3,(H2,26,30)(H,27,31)/t14-,16-. The number of sulfonamides is 1. The highest BCUT2D eigenvalue weighted by Gasteiger charge is 2.31. The summed E-state index contributed by atoms with van der Waals surface area (Å²) < 4.78 is 54.6. The molecule has 1 aromatic heterocycles. The van der Waals surface area contributed by atoms with Crippen LogP contribution in [-0.2, 0) is 19.5 Å². The van der Waals surface area contributed by atoms with E-state index in [4.69, 9.17) is 15.2 Å². The second kappa shape index (κ2) is 11.3. The predicted molar refractivity (Wildman–Crippen MR) is 138 cm³/mol. The van der Waals surface area contributed by atoms with Gasteiger partial charge in [0.15, 0.2) is 0 Å². The van der Waals surface area contributed by atoms with Crippen molar-refractivity contribution in [3.8, 4) is 10.4 Å². The molecule has 0 radical (unpaired) electrons. The summed E-state index contributed by atoms with van der Waals surface area (Å²) in [5, 5.41) is 3.05. The van der Waals surface area contributed by atoms with Gasteiger partial charge < -0.3 is 15.2 Å². The Morgan fingerprint density at radius 1 is 1.19 bits per heavy atom. The number of amides is 2. The number of nitrogens with one attached hydrogen (secondary N) is 2. The Balaban J connectivity index is 1.96. The number of halogens is 1. The van der Waals surface area contributed by atoms with Gasteiger partial charge in [0.05, 0.1) is 20.9 Å². The van der Waals surface area contributed by atoms with Crippen LogP contribution in [-0.4, -0.2) is 43.3 Å². The van der Waals surface area contributed by atoms with E-state index in [-0.39, 0.29) is 39.1 Å². The molecule has 1 saturated carbocycles. The zero-order valence-electron chi connectivity index (χ0n) is 21.5. The summed E-state index contributed by atoms with van der Waals surface area (Å²) in [5.74, 6) is -0.830. The smallest absolute Gasteiger partial charge is 0.411 e. The Hall–Kier alpha value is -2.77. The Morgan fingerprint density at radius 2 is 1.84 bits per heavy atom. The van der Waals surface area contributed by atoms with Gasteiger partial charge in [-0.15, -0.1) is 11.3 Å². The second-order valence-electron chi connectivity index (χ2n) is 10.2. The van der Waals surface area contributed by atoms with Crippen LogP contribution in [0.4, 0.5) is 19.7 Å². The van der Waals surface area contributed by atoms with E-state index in [2.05, 4.69) is 15.0 Å². The van der Waals surface area contributed by atoms with Gasteiger partial charge in [0, 0.05) is 22.7 Å². The van der Waals surface area contributed by atoms with Crippen LogP contribution in [0.25, 0.3) is 10.4 Å². The van der Waals surface area contributed by atoms with Gasteiger partial charge >= 0.3 is 12.2 Å². The maximum atomic E-state index is 15.2. The molecule has 0 bridgehead atoms. The minimum atomic E-state index is -4.12. The van der Waals surface area contributed by atoms with Crippen LogP contribution in [0.2, 0.25) is 0 Å². The molecule has 1 aromatic carbocycles. The van der Waals surface area contributed by atoms with Crippen LogP contribution in [0.3, 0.4) is 0 Å². The number of aromatic nitrogens is 1. The zero-order chi connectivity index (χ0) is 27.5. The van der Waals surface area contributed by atoms with Gasteiger partial charge in [-0.05, 0) is 78.5 Å². The number of ether oxygens (including phenoxy) is 2. The SMILES string of the molecule is CC(C)OC(=O)Nc1ccc(-c2sc([C@H]3CC[C@H](OC(N)=O)CC3)nc2F)c(S(=O)(=O)NC(C)(C)C)c1. The Morgan fingerprint density at radius 3 is 2.41 bits per heavy atom. The monoisotopic (exact) mass is 556 g/mol. The van der Waals surface area contributed by atoms with Crippen LogP contribution in [0.5, 0.6) is 0 Å². The number of nitrogens with zero attached hydrogens (tertiary/aromatic N) is 1. The molecular weight excluding hydrogens is 523 g/mol. The molecule has 0 spiro atoms. The lowest BCUT2D eigenvalue weighted by Gasteiger charge is -2.26. The first-order valence-electron chi connectivity index (χ1n) is 11.9. The Labute approximate surface area is 220 Å². The number of hydrogen-bond donors (Lipinski definition) is 3. The van der Waals surface area contributed by atoms with E-state index in [0.29, 0.717) is 30.7 Å². The predicted octanol–water partition coefficient (Wildman–Crippen LogP) is 5.10. The maximum absolute atomic E-state index is 15.2. The maximum Gasteiger partial charge on any atom is 0.411 e. The Bertz CT molecular complexity index is 1250. The van der Waals surface area contributed by atoms with E-state index in [1.807, 2.05) is 0 Å². The van der Waals surface area contributed by atoms with Crippen LogP contribution in [0.1, 0.15) is 71.2 Å². The number of primary amides is 1. The van der Waals surface area contributed by atoms with Crippen molar-refractivity contribution < 1.29 is 31.9 Å². The molecule has 2 amide bonds. The molecule has 0 saturated heterocycles. The van der Waals surface area contributed by atoms with Crippen LogP contribution in [0.15, 0.2) is 23.1 Å². The van der Waals surface area contributed by atoms with Crippen LogP contribution in [0, 0.1) is 5.95 Å². The molecule has 1 aliphatic rings. The average molecular weight is 557 g/mol. The van der Waals surface area contributed by atoms with Gasteiger partial charge in [-0.2, -0.15) is 4.39 Å². The molecule has 0 unspecified atom stereocenters. The molecule has 2 aromatic rings. The lowest BCUT2D eigenvalue weighted by atomic mass is 9.88. The molecule has 0 aliphatic heterocycles. The molecule has 0 atom stereocenters. The van der Waals surface area contributed by atoms with E-state index in [9.17, 15) is 18.0 Å². The summed E-state index contributed by atoms with van der Waals surface area (Å²) in [7, 11) is -4.12. The van der Waals surface area contributed by atoms with Gasteiger partial charge in [0.2, 0.25) is 16.0 Å².